The van der Waals surface area contributed by atoms with Crippen molar-refractivity contribution in [1.29, 1.82) is 0 Å². The van der Waals surface area contributed by atoms with Gasteiger partial charge in [0.1, 0.15) is 6.10 Å². The molecular formula is C9H15NO4. The van der Waals surface area contributed by atoms with Crippen LogP contribution in [-0.2, 0) is 14.3 Å². The molecule has 1 N–H and O–H groups in total. The van der Waals surface area contributed by atoms with Crippen LogP contribution in [0.5, 0.6) is 0 Å². The minimum Gasteiger partial charge on any atom is -0.481 e. The molecule has 1 heterocycles. The van der Waals surface area contributed by atoms with Crippen LogP contribution in [0, 0.1) is 0 Å². The van der Waals surface area contributed by atoms with Gasteiger partial charge in [0.15, 0.2) is 0 Å². The van der Waals surface area contributed by atoms with E-state index in [4.69, 9.17) is 9.84 Å². The maximum absolute atomic E-state index is 11.6. The van der Waals surface area contributed by atoms with E-state index in [9.17, 15) is 9.59 Å². The number of nitrogens with zero attached hydrogens (tertiary/aromatic N) is 1. The Morgan fingerprint density at radius 3 is 3.00 bits per heavy atom. The van der Waals surface area contributed by atoms with E-state index in [1.54, 1.807) is 4.90 Å². The normalized spacial score (nSPS) is 22.5. The molecule has 1 atom stereocenters. The lowest BCUT2D eigenvalue weighted by molar-refractivity contribution is -0.154. The molecule has 0 aromatic carbocycles. The number of morpholine rings is 1. The van der Waals surface area contributed by atoms with Crippen LogP contribution in [0.3, 0.4) is 0 Å². The van der Waals surface area contributed by atoms with E-state index < -0.39 is 12.1 Å². The van der Waals surface area contributed by atoms with E-state index in [-0.39, 0.29) is 18.7 Å². The van der Waals surface area contributed by atoms with Crippen LogP contribution in [0.25, 0.3) is 0 Å². The third-order valence-electron chi connectivity index (χ3n) is 2.27. The Kier molecular flexibility index (Phi) is 3.88. The Labute approximate surface area is 82.6 Å². The highest BCUT2D eigenvalue weighted by atomic mass is 16.5. The van der Waals surface area contributed by atoms with Crippen molar-refractivity contribution in [3.8, 4) is 0 Å². The first-order valence-corrected chi connectivity index (χ1v) is 4.77. The van der Waals surface area contributed by atoms with Crippen molar-refractivity contribution in [3.63, 3.8) is 0 Å². The van der Waals surface area contributed by atoms with Crippen LogP contribution in [0.4, 0.5) is 0 Å². The van der Waals surface area contributed by atoms with E-state index in [0.717, 1.165) is 0 Å². The predicted octanol–water partition coefficient (Wildman–Crippen LogP) is 0.0985. The number of carboxylic acids is 1. The number of aliphatic carboxylic acids is 1. The summed E-state index contributed by atoms with van der Waals surface area (Å²) >= 11 is 0. The molecule has 1 aliphatic rings. The summed E-state index contributed by atoms with van der Waals surface area (Å²) in [7, 11) is 0. The zero-order chi connectivity index (χ0) is 10.6. The molecule has 0 aromatic rings. The van der Waals surface area contributed by atoms with E-state index in [0.29, 0.717) is 19.7 Å². The van der Waals surface area contributed by atoms with Crippen LogP contribution in [0.2, 0.25) is 0 Å². The number of hydrogen-bond donors (Lipinski definition) is 1. The van der Waals surface area contributed by atoms with Gasteiger partial charge < -0.3 is 14.7 Å². The molecule has 0 radical (unpaired) electrons. The molecule has 0 aromatic heterocycles. The molecule has 0 saturated carbocycles. The maximum Gasteiger partial charge on any atom is 0.303 e. The van der Waals surface area contributed by atoms with Gasteiger partial charge in [-0.05, 0) is 13.3 Å². The SMILES string of the molecule is CCN1CCOC(CCC(=O)O)C1=O. The lowest BCUT2D eigenvalue weighted by atomic mass is 10.1. The van der Waals surface area contributed by atoms with Gasteiger partial charge in [-0.15, -0.1) is 0 Å². The highest BCUT2D eigenvalue weighted by Crippen LogP contribution is 2.11. The van der Waals surface area contributed by atoms with Crippen LogP contribution in [0.15, 0.2) is 0 Å². The number of carboxylic acid groups (broad SMARTS) is 1. The Hall–Kier alpha value is -1.10. The van der Waals surface area contributed by atoms with Gasteiger partial charge in [0.05, 0.1) is 6.61 Å². The fourth-order valence-corrected chi connectivity index (χ4v) is 1.47. The standard InChI is InChI=1S/C9H15NO4/c1-2-10-5-6-14-7(9(10)13)3-4-8(11)12/h7H,2-6H2,1H3,(H,11,12). The van der Waals surface area contributed by atoms with Gasteiger partial charge in [-0.2, -0.15) is 0 Å². The molecule has 14 heavy (non-hydrogen) atoms. The number of carbonyl (C=O) groups excluding carboxylic acids is 1. The molecule has 1 fully saturated rings. The first-order valence-electron chi connectivity index (χ1n) is 4.77. The number of rotatable bonds is 4. The van der Waals surface area contributed by atoms with Gasteiger partial charge in [0, 0.05) is 19.5 Å². The summed E-state index contributed by atoms with van der Waals surface area (Å²) in [6, 6.07) is 0. The zero-order valence-electron chi connectivity index (χ0n) is 8.23. The summed E-state index contributed by atoms with van der Waals surface area (Å²) in [5.41, 5.74) is 0. The number of amides is 1. The predicted molar refractivity (Wildman–Crippen MR) is 48.9 cm³/mol. The minimum absolute atomic E-state index is 0.0199. The average molecular weight is 201 g/mol. The molecule has 80 valence electrons. The molecule has 1 saturated heterocycles. The molecular weight excluding hydrogens is 186 g/mol. The first-order chi connectivity index (χ1) is 6.65. The average Bonchev–Trinajstić information content (AvgIpc) is 2.16. The number of likely N-dealkylation sites (N-methyl/N-ethyl adjacent to an activating group) is 1. The molecule has 0 bridgehead atoms. The maximum atomic E-state index is 11.6. The van der Waals surface area contributed by atoms with Crippen molar-refractivity contribution >= 4 is 11.9 Å². The van der Waals surface area contributed by atoms with Gasteiger partial charge >= 0.3 is 5.97 Å². The Bertz CT molecular complexity index is 229. The molecule has 5 heteroatoms. The Morgan fingerprint density at radius 1 is 1.71 bits per heavy atom. The van der Waals surface area contributed by atoms with Gasteiger partial charge in [-0.3, -0.25) is 9.59 Å². The quantitative estimate of drug-likeness (QED) is 0.700. The fourth-order valence-electron chi connectivity index (χ4n) is 1.47. The monoisotopic (exact) mass is 201 g/mol. The van der Waals surface area contributed by atoms with Crippen molar-refractivity contribution in [1.82, 2.24) is 4.90 Å². The van der Waals surface area contributed by atoms with Gasteiger partial charge in [0.2, 0.25) is 0 Å². The summed E-state index contributed by atoms with van der Waals surface area (Å²) < 4.78 is 5.22. The first kappa shape index (κ1) is 11.0. The van der Waals surface area contributed by atoms with Crippen LogP contribution < -0.4 is 0 Å². The van der Waals surface area contributed by atoms with E-state index in [2.05, 4.69) is 0 Å². The van der Waals surface area contributed by atoms with Crippen LogP contribution >= 0.6 is 0 Å². The van der Waals surface area contributed by atoms with Crippen LogP contribution in [0.1, 0.15) is 19.8 Å². The van der Waals surface area contributed by atoms with E-state index >= 15 is 0 Å². The summed E-state index contributed by atoms with van der Waals surface area (Å²) in [4.78, 5) is 23.6. The number of carbonyl (C=O) groups is 2. The molecule has 1 rings (SSSR count). The topological polar surface area (TPSA) is 66.8 Å². The molecule has 1 unspecified atom stereocenters. The number of hydrogen-bond acceptors (Lipinski definition) is 3. The van der Waals surface area contributed by atoms with Crippen LogP contribution in [-0.4, -0.2) is 47.7 Å². The van der Waals surface area contributed by atoms with Crippen molar-refractivity contribution < 1.29 is 19.4 Å². The number of ether oxygens (including phenoxy) is 1. The highest BCUT2D eigenvalue weighted by Gasteiger charge is 2.28. The van der Waals surface area contributed by atoms with Crippen molar-refractivity contribution in [2.24, 2.45) is 0 Å². The lowest BCUT2D eigenvalue weighted by Gasteiger charge is -2.31. The molecule has 0 aliphatic carbocycles. The van der Waals surface area contributed by atoms with E-state index in [1.807, 2.05) is 6.92 Å². The van der Waals surface area contributed by atoms with Crippen molar-refractivity contribution in [2.75, 3.05) is 19.7 Å². The Balaban J connectivity index is 2.43. The van der Waals surface area contributed by atoms with Gasteiger partial charge in [-0.25, -0.2) is 0 Å². The smallest absolute Gasteiger partial charge is 0.303 e. The second-order valence-corrected chi connectivity index (χ2v) is 3.21. The largest absolute Gasteiger partial charge is 0.481 e. The summed E-state index contributed by atoms with van der Waals surface area (Å²) in [6.45, 7) is 3.67. The van der Waals surface area contributed by atoms with Gasteiger partial charge in [-0.1, -0.05) is 0 Å². The summed E-state index contributed by atoms with van der Waals surface area (Å²) in [5.74, 6) is -0.977. The molecule has 1 amide bonds. The second-order valence-electron chi connectivity index (χ2n) is 3.21. The second kappa shape index (κ2) is 4.95. The third kappa shape index (κ3) is 2.70. The fraction of sp³-hybridized carbons (Fsp3) is 0.778. The zero-order valence-corrected chi connectivity index (χ0v) is 8.23. The lowest BCUT2D eigenvalue weighted by Crippen LogP contribution is -2.47. The van der Waals surface area contributed by atoms with Crippen molar-refractivity contribution in [2.45, 2.75) is 25.9 Å². The van der Waals surface area contributed by atoms with Gasteiger partial charge in [0.25, 0.3) is 5.91 Å². The van der Waals surface area contributed by atoms with Crippen molar-refractivity contribution in [3.05, 3.63) is 0 Å². The minimum atomic E-state index is -0.893. The highest BCUT2D eigenvalue weighted by molar-refractivity contribution is 5.82. The Morgan fingerprint density at radius 2 is 2.43 bits per heavy atom. The summed E-state index contributed by atoms with van der Waals surface area (Å²) in [5, 5.41) is 8.47. The molecule has 0 spiro atoms. The molecule has 5 nitrogen and oxygen atoms in total. The summed E-state index contributed by atoms with van der Waals surface area (Å²) in [6.07, 6.45) is -0.307. The molecule has 1 aliphatic heterocycles. The third-order valence-corrected chi connectivity index (χ3v) is 2.27. The van der Waals surface area contributed by atoms with E-state index in [1.165, 1.54) is 0 Å².